The molecule has 0 saturated carbocycles. The third-order valence-electron chi connectivity index (χ3n) is 5.47. The Morgan fingerprint density at radius 3 is 2.26 bits per heavy atom. The molecule has 1 aliphatic heterocycles. The van der Waals surface area contributed by atoms with Crippen LogP contribution >= 0.6 is 11.8 Å². The molecule has 0 N–H and O–H groups in total. The summed E-state index contributed by atoms with van der Waals surface area (Å²) in [7, 11) is 1.32. The van der Waals surface area contributed by atoms with Crippen molar-refractivity contribution >= 4 is 46.0 Å². The molecule has 198 valence electrons. The maximum atomic E-state index is 13.1. The van der Waals surface area contributed by atoms with Crippen molar-refractivity contribution in [3.05, 3.63) is 107 Å². The van der Waals surface area contributed by atoms with E-state index in [1.54, 1.807) is 12.1 Å². The number of carbonyl (C=O) groups excluding carboxylic acids is 2. The van der Waals surface area contributed by atoms with Crippen molar-refractivity contribution in [3.63, 3.8) is 0 Å². The summed E-state index contributed by atoms with van der Waals surface area (Å²) >= 11 is 0.601. The fourth-order valence-electron chi connectivity index (χ4n) is 3.65. The van der Waals surface area contributed by atoms with E-state index in [9.17, 15) is 39.9 Å². The minimum Gasteiger partial charge on any atom is -0.493 e. The van der Waals surface area contributed by atoms with Crippen LogP contribution in [-0.2, 0) is 11.3 Å². The van der Waals surface area contributed by atoms with Crippen molar-refractivity contribution in [2.75, 3.05) is 7.11 Å². The topological polar surface area (TPSA) is 185 Å². The second kappa shape index (κ2) is 11.0. The third-order valence-corrected chi connectivity index (χ3v) is 6.38. The van der Waals surface area contributed by atoms with Gasteiger partial charge in [-0.25, -0.2) is 0 Å². The zero-order valence-corrected chi connectivity index (χ0v) is 20.7. The van der Waals surface area contributed by atoms with Gasteiger partial charge in [0.2, 0.25) is 5.75 Å². The standard InChI is InChI=1S/C24H16N4O10S/c1-37-20-8-4-6-14(22(20)38-19-10-9-16(26(31)32)12-18(19)28(35)36)11-21-23(29)25(24(30)39-21)13-15-5-2-3-7-17(15)27(33)34/h2-12H,13H2,1H3/b21-11+. The molecule has 0 unspecified atom stereocenters. The summed E-state index contributed by atoms with van der Waals surface area (Å²) in [6.07, 6.45) is 1.32. The van der Waals surface area contributed by atoms with Crippen molar-refractivity contribution in [2.45, 2.75) is 6.54 Å². The first-order chi connectivity index (χ1) is 18.6. The number of rotatable bonds is 9. The van der Waals surface area contributed by atoms with E-state index in [2.05, 4.69) is 0 Å². The first kappa shape index (κ1) is 26.7. The fourth-order valence-corrected chi connectivity index (χ4v) is 4.47. The molecule has 0 radical (unpaired) electrons. The highest BCUT2D eigenvalue weighted by molar-refractivity contribution is 8.18. The molecule has 1 aliphatic rings. The third kappa shape index (κ3) is 5.52. The molecule has 1 saturated heterocycles. The summed E-state index contributed by atoms with van der Waals surface area (Å²) in [4.78, 5) is 58.3. The van der Waals surface area contributed by atoms with E-state index >= 15 is 0 Å². The number of hydrogen-bond donors (Lipinski definition) is 0. The lowest BCUT2D eigenvalue weighted by Crippen LogP contribution is -2.27. The molecule has 15 heteroatoms. The van der Waals surface area contributed by atoms with Gasteiger partial charge in [0.05, 0.1) is 39.4 Å². The first-order valence-corrected chi connectivity index (χ1v) is 11.7. The minimum absolute atomic E-state index is 0.0325. The average molecular weight is 552 g/mol. The summed E-state index contributed by atoms with van der Waals surface area (Å²) in [6.45, 7) is -0.324. The van der Waals surface area contributed by atoms with Crippen molar-refractivity contribution in [3.8, 4) is 17.2 Å². The van der Waals surface area contributed by atoms with Crippen LogP contribution in [0.5, 0.6) is 17.2 Å². The van der Waals surface area contributed by atoms with Crippen molar-refractivity contribution in [1.29, 1.82) is 0 Å². The second-order valence-corrected chi connectivity index (χ2v) is 8.79. The SMILES string of the molecule is COc1cccc(/C=C2/SC(=O)N(Cc3ccccc3[N+](=O)[O-])C2=O)c1Oc1ccc([N+](=O)[O-])cc1[N+](=O)[O-]. The van der Waals surface area contributed by atoms with Crippen LogP contribution in [0.1, 0.15) is 11.1 Å². The highest BCUT2D eigenvalue weighted by Gasteiger charge is 2.36. The van der Waals surface area contributed by atoms with Crippen LogP contribution in [0.4, 0.5) is 21.9 Å². The Morgan fingerprint density at radius 2 is 1.59 bits per heavy atom. The summed E-state index contributed by atoms with van der Waals surface area (Å²) in [5, 5.41) is 33.3. The van der Waals surface area contributed by atoms with E-state index in [0.717, 1.165) is 23.1 Å². The zero-order valence-electron chi connectivity index (χ0n) is 19.8. The molecule has 0 aliphatic carbocycles. The van der Waals surface area contributed by atoms with Crippen LogP contribution in [-0.4, -0.2) is 37.9 Å². The number of imide groups is 1. The number of amides is 2. The van der Waals surface area contributed by atoms with Crippen LogP contribution in [0.25, 0.3) is 6.08 Å². The molecule has 0 aromatic heterocycles. The molecule has 4 rings (SSSR count). The molecule has 1 heterocycles. The average Bonchev–Trinajstić information content (AvgIpc) is 3.16. The van der Waals surface area contributed by atoms with Crippen molar-refractivity contribution in [2.24, 2.45) is 0 Å². The monoisotopic (exact) mass is 552 g/mol. The summed E-state index contributed by atoms with van der Waals surface area (Å²) in [5.74, 6) is -0.967. The number of thioether (sulfide) groups is 1. The second-order valence-electron chi connectivity index (χ2n) is 7.80. The van der Waals surface area contributed by atoms with Gasteiger partial charge in [-0.2, -0.15) is 0 Å². The number of nitro groups is 3. The molecule has 2 amide bonds. The van der Waals surface area contributed by atoms with Gasteiger partial charge in [-0.1, -0.05) is 30.3 Å². The number of nitro benzene ring substituents is 3. The molecule has 0 spiro atoms. The Balaban J connectivity index is 1.70. The molecule has 1 fully saturated rings. The number of hydrogen-bond acceptors (Lipinski definition) is 11. The molecule has 14 nitrogen and oxygen atoms in total. The van der Waals surface area contributed by atoms with E-state index < -0.39 is 37.3 Å². The van der Waals surface area contributed by atoms with Crippen molar-refractivity contribution in [1.82, 2.24) is 4.90 Å². The molecular formula is C24H16N4O10S. The van der Waals surface area contributed by atoms with Crippen LogP contribution in [0.2, 0.25) is 0 Å². The maximum Gasteiger partial charge on any atom is 0.318 e. The van der Waals surface area contributed by atoms with Crippen LogP contribution in [0.3, 0.4) is 0 Å². The van der Waals surface area contributed by atoms with Gasteiger partial charge in [-0.3, -0.25) is 44.8 Å². The first-order valence-electron chi connectivity index (χ1n) is 10.9. The number of para-hydroxylation sites is 2. The Bertz CT molecular complexity index is 1570. The van der Waals surface area contributed by atoms with Gasteiger partial charge in [-0.05, 0) is 30.0 Å². The van der Waals surface area contributed by atoms with E-state index in [-0.39, 0.29) is 45.5 Å². The molecule has 3 aromatic rings. The number of ether oxygens (including phenoxy) is 2. The summed E-state index contributed by atoms with van der Waals surface area (Å²) in [5.41, 5.74) is -1.05. The van der Waals surface area contributed by atoms with Gasteiger partial charge in [0, 0.05) is 23.3 Å². The number of benzene rings is 3. The Labute approximate surface area is 222 Å². The normalized spacial score (nSPS) is 14.0. The molecular weight excluding hydrogens is 536 g/mol. The highest BCUT2D eigenvalue weighted by atomic mass is 32.2. The lowest BCUT2D eigenvalue weighted by Gasteiger charge is -2.14. The molecule has 0 bridgehead atoms. The molecule has 0 atom stereocenters. The van der Waals surface area contributed by atoms with E-state index in [1.807, 2.05) is 0 Å². The van der Waals surface area contributed by atoms with Gasteiger partial charge >= 0.3 is 5.69 Å². The van der Waals surface area contributed by atoms with Crippen LogP contribution in [0, 0.1) is 30.3 Å². The van der Waals surface area contributed by atoms with Crippen LogP contribution in [0.15, 0.2) is 65.6 Å². The Hall–Kier alpha value is -5.31. The Kier molecular flexibility index (Phi) is 7.53. The zero-order chi connectivity index (χ0) is 28.3. The van der Waals surface area contributed by atoms with Gasteiger partial charge < -0.3 is 9.47 Å². The van der Waals surface area contributed by atoms with Crippen LogP contribution < -0.4 is 9.47 Å². The largest absolute Gasteiger partial charge is 0.493 e. The highest BCUT2D eigenvalue weighted by Crippen LogP contribution is 2.42. The van der Waals surface area contributed by atoms with Gasteiger partial charge in [0.1, 0.15) is 0 Å². The quantitative estimate of drug-likeness (QED) is 0.187. The van der Waals surface area contributed by atoms with E-state index in [1.165, 1.54) is 43.5 Å². The number of non-ortho nitro benzene ring substituents is 1. The number of carbonyl (C=O) groups is 2. The van der Waals surface area contributed by atoms with Gasteiger partial charge in [0.15, 0.2) is 11.5 Å². The van der Waals surface area contributed by atoms with Gasteiger partial charge in [-0.15, -0.1) is 0 Å². The predicted octanol–water partition coefficient (Wildman–Crippen LogP) is 5.45. The minimum atomic E-state index is -0.842. The van der Waals surface area contributed by atoms with Gasteiger partial charge in [0.25, 0.3) is 22.5 Å². The smallest absolute Gasteiger partial charge is 0.318 e. The molecule has 39 heavy (non-hydrogen) atoms. The lowest BCUT2D eigenvalue weighted by atomic mass is 10.1. The number of nitrogens with zero attached hydrogens (tertiary/aromatic N) is 4. The molecule has 3 aromatic carbocycles. The fraction of sp³-hybridized carbons (Fsp3) is 0.0833. The number of methoxy groups -OCH3 is 1. The van der Waals surface area contributed by atoms with Crippen molar-refractivity contribution < 1.29 is 33.8 Å². The maximum absolute atomic E-state index is 13.1. The lowest BCUT2D eigenvalue weighted by molar-refractivity contribution is -0.394. The predicted molar refractivity (Wildman–Crippen MR) is 137 cm³/mol. The summed E-state index contributed by atoms with van der Waals surface area (Å²) in [6, 6.07) is 13.1. The Morgan fingerprint density at radius 1 is 0.872 bits per heavy atom. The summed E-state index contributed by atoms with van der Waals surface area (Å²) < 4.78 is 11.1. The van der Waals surface area contributed by atoms with E-state index in [4.69, 9.17) is 9.47 Å². The van der Waals surface area contributed by atoms with E-state index in [0.29, 0.717) is 11.8 Å².